The maximum Gasteiger partial charge on any atom is 0.383 e. The number of allylic oxidation sites excluding steroid dienone is 3. The highest BCUT2D eigenvalue weighted by Gasteiger charge is 2.48. The van der Waals surface area contributed by atoms with E-state index in [1.807, 2.05) is 38.1 Å². The number of halogens is 5. The molecule has 0 saturated heterocycles. The summed E-state index contributed by atoms with van der Waals surface area (Å²) in [6.07, 6.45) is -1.09. The largest absolute Gasteiger partial charge is 0.496 e. The smallest absolute Gasteiger partial charge is 0.383 e. The SMILES string of the molecule is C/C=C(\C)c1ccc2c(N)c(C(=O)c3ccc(F)cc3OC)oc2c1.C=CC(=C)NC(=O)C(F)(F)C(F)F. The fourth-order valence-corrected chi connectivity index (χ4v) is 3.05. The highest BCUT2D eigenvalue weighted by Crippen LogP contribution is 2.33. The lowest BCUT2D eigenvalue weighted by atomic mass is 10.0. The number of nitrogen functional groups attached to an aromatic ring is 1. The summed E-state index contributed by atoms with van der Waals surface area (Å²) in [5.41, 5.74) is 8.91. The van der Waals surface area contributed by atoms with Crippen molar-refractivity contribution in [1.29, 1.82) is 0 Å². The fraction of sp³-hybridized carbons (Fsp3) is 0.185. The molecule has 1 heterocycles. The van der Waals surface area contributed by atoms with Gasteiger partial charge in [-0.25, -0.2) is 13.2 Å². The first kappa shape index (κ1) is 29.8. The summed E-state index contributed by atoms with van der Waals surface area (Å²) in [5, 5.41) is 2.13. The van der Waals surface area contributed by atoms with Crippen LogP contribution in [0.2, 0.25) is 0 Å². The standard InChI is InChI=1S/C20H18FNO3.C7H7F4NO/c1-4-11(2)12-5-7-14-17(9-12)25-20(18(14)22)19(23)15-8-6-13(21)10-16(15)24-3;1-3-4(2)12-6(13)7(10,11)5(8)9/h4-10H,22H2,1-3H3;3,5H,1-2H2,(H,12,13)/b11-4+;. The highest BCUT2D eigenvalue weighted by atomic mass is 19.3. The molecule has 3 N–H and O–H groups in total. The maximum atomic E-state index is 13.4. The van der Waals surface area contributed by atoms with Crippen LogP contribution < -0.4 is 15.8 Å². The van der Waals surface area contributed by atoms with Crippen molar-refractivity contribution in [3.8, 4) is 5.75 Å². The van der Waals surface area contributed by atoms with Crippen LogP contribution in [0.5, 0.6) is 5.75 Å². The van der Waals surface area contributed by atoms with Crippen molar-refractivity contribution in [2.24, 2.45) is 0 Å². The van der Waals surface area contributed by atoms with Gasteiger partial charge in [0.1, 0.15) is 17.1 Å². The third kappa shape index (κ3) is 6.47. The molecule has 1 aromatic heterocycles. The Balaban J connectivity index is 0.000000332. The van der Waals surface area contributed by atoms with Crippen LogP contribution >= 0.6 is 0 Å². The van der Waals surface area contributed by atoms with Crippen LogP contribution in [-0.4, -0.2) is 31.1 Å². The minimum atomic E-state index is -4.70. The number of ether oxygens (including phenoxy) is 1. The molecular formula is C27H25F5N2O4. The molecule has 0 aliphatic rings. The number of nitrogens with one attached hydrogen (secondary N) is 1. The molecule has 0 aliphatic carbocycles. The number of rotatable bonds is 8. The summed E-state index contributed by atoms with van der Waals surface area (Å²) in [4.78, 5) is 23.2. The predicted octanol–water partition coefficient (Wildman–Crippen LogP) is 6.52. The monoisotopic (exact) mass is 536 g/mol. The molecule has 2 aromatic carbocycles. The Morgan fingerprint density at radius 3 is 2.39 bits per heavy atom. The van der Waals surface area contributed by atoms with Crippen LogP contribution in [0, 0.1) is 5.82 Å². The van der Waals surface area contributed by atoms with E-state index in [1.165, 1.54) is 24.6 Å². The van der Waals surface area contributed by atoms with Crippen molar-refractivity contribution >= 4 is 33.9 Å². The van der Waals surface area contributed by atoms with Crippen LogP contribution in [0.15, 0.2) is 71.8 Å². The van der Waals surface area contributed by atoms with E-state index in [-0.39, 0.29) is 28.5 Å². The second kappa shape index (κ2) is 12.2. The van der Waals surface area contributed by atoms with E-state index in [0.29, 0.717) is 11.0 Å². The van der Waals surface area contributed by atoms with Crippen LogP contribution in [-0.2, 0) is 4.79 Å². The number of ketones is 1. The maximum absolute atomic E-state index is 13.4. The van der Waals surface area contributed by atoms with Crippen LogP contribution in [0.3, 0.4) is 0 Å². The van der Waals surface area contributed by atoms with E-state index in [9.17, 15) is 31.5 Å². The summed E-state index contributed by atoms with van der Waals surface area (Å²) in [6.45, 7) is 10.1. The number of anilines is 1. The van der Waals surface area contributed by atoms with Gasteiger partial charge in [-0.2, -0.15) is 8.78 Å². The number of hydrogen-bond donors (Lipinski definition) is 2. The van der Waals surface area contributed by atoms with Crippen molar-refractivity contribution in [2.75, 3.05) is 12.8 Å². The minimum absolute atomic E-state index is 0.0233. The number of fused-ring (bicyclic) bond motifs is 1. The Labute approximate surface area is 215 Å². The van der Waals surface area contributed by atoms with Gasteiger partial charge in [0, 0.05) is 17.1 Å². The summed E-state index contributed by atoms with van der Waals surface area (Å²) < 4.78 is 71.7. The molecule has 6 nitrogen and oxygen atoms in total. The van der Waals surface area contributed by atoms with Crippen LogP contribution in [0.1, 0.15) is 35.5 Å². The second-order valence-corrected chi connectivity index (χ2v) is 7.81. The number of carbonyl (C=O) groups is 2. The Bertz CT molecular complexity index is 1410. The van der Waals surface area contributed by atoms with E-state index >= 15 is 0 Å². The zero-order valence-electron chi connectivity index (χ0n) is 20.7. The van der Waals surface area contributed by atoms with Gasteiger partial charge in [0.25, 0.3) is 0 Å². The molecule has 202 valence electrons. The number of nitrogens with two attached hydrogens (primary N) is 1. The topological polar surface area (TPSA) is 94.6 Å². The average molecular weight is 536 g/mol. The van der Waals surface area contributed by atoms with E-state index in [1.54, 1.807) is 0 Å². The molecule has 11 heteroatoms. The van der Waals surface area contributed by atoms with Crippen molar-refractivity contribution < 1.29 is 40.7 Å². The van der Waals surface area contributed by atoms with Gasteiger partial charge in [0.2, 0.25) is 5.78 Å². The van der Waals surface area contributed by atoms with Crippen LogP contribution in [0.25, 0.3) is 16.5 Å². The molecule has 0 spiro atoms. The molecule has 0 unspecified atom stereocenters. The molecule has 0 fully saturated rings. The first-order chi connectivity index (χ1) is 17.8. The molecular weight excluding hydrogens is 511 g/mol. The Morgan fingerprint density at radius 2 is 1.84 bits per heavy atom. The van der Waals surface area contributed by atoms with Gasteiger partial charge in [-0.1, -0.05) is 25.3 Å². The molecule has 3 rings (SSSR count). The molecule has 0 aliphatic heterocycles. The van der Waals surface area contributed by atoms with E-state index < -0.39 is 29.9 Å². The summed E-state index contributed by atoms with van der Waals surface area (Å²) in [7, 11) is 1.37. The number of furan rings is 1. The normalized spacial score (nSPS) is 11.6. The van der Waals surface area contributed by atoms with E-state index in [2.05, 4.69) is 13.2 Å². The first-order valence-electron chi connectivity index (χ1n) is 10.9. The third-order valence-electron chi connectivity index (χ3n) is 5.33. The van der Waals surface area contributed by atoms with Crippen molar-refractivity contribution in [1.82, 2.24) is 5.32 Å². The lowest BCUT2D eigenvalue weighted by molar-refractivity contribution is -0.168. The summed E-state index contributed by atoms with van der Waals surface area (Å²) >= 11 is 0. The minimum Gasteiger partial charge on any atom is -0.496 e. The average Bonchev–Trinajstić information content (AvgIpc) is 3.23. The number of carbonyl (C=O) groups excluding carboxylic acids is 2. The molecule has 0 radical (unpaired) electrons. The summed E-state index contributed by atoms with van der Waals surface area (Å²) in [6, 6.07) is 9.31. The van der Waals surface area contributed by atoms with Crippen molar-refractivity contribution in [3.05, 3.63) is 90.1 Å². The molecule has 0 saturated carbocycles. The number of hydrogen-bond acceptors (Lipinski definition) is 5. The van der Waals surface area contributed by atoms with Gasteiger partial charge in [-0.15, -0.1) is 0 Å². The molecule has 38 heavy (non-hydrogen) atoms. The zero-order valence-corrected chi connectivity index (χ0v) is 20.7. The lowest BCUT2D eigenvalue weighted by Crippen LogP contribution is -2.44. The predicted molar refractivity (Wildman–Crippen MR) is 135 cm³/mol. The van der Waals surface area contributed by atoms with Gasteiger partial charge in [-0.3, -0.25) is 9.59 Å². The van der Waals surface area contributed by atoms with E-state index in [0.717, 1.165) is 23.3 Å². The Hall–Kier alpha value is -4.41. The summed E-state index contributed by atoms with van der Waals surface area (Å²) in [5.74, 6) is -7.57. The quantitative estimate of drug-likeness (QED) is 0.194. The number of alkyl halides is 4. The zero-order chi connectivity index (χ0) is 28.8. The second-order valence-electron chi connectivity index (χ2n) is 7.81. The molecule has 0 bridgehead atoms. The van der Waals surface area contributed by atoms with Crippen molar-refractivity contribution in [3.63, 3.8) is 0 Å². The Morgan fingerprint density at radius 1 is 1.18 bits per heavy atom. The van der Waals surface area contributed by atoms with Gasteiger partial charge >= 0.3 is 18.3 Å². The van der Waals surface area contributed by atoms with E-state index in [4.69, 9.17) is 14.9 Å². The van der Waals surface area contributed by atoms with Gasteiger partial charge in [0.15, 0.2) is 5.76 Å². The number of benzene rings is 2. The molecule has 0 atom stereocenters. The molecule has 3 aromatic rings. The highest BCUT2D eigenvalue weighted by molar-refractivity contribution is 6.15. The molecule has 1 amide bonds. The van der Waals surface area contributed by atoms with Crippen LogP contribution in [0.4, 0.5) is 27.6 Å². The lowest BCUT2D eigenvalue weighted by Gasteiger charge is -2.14. The number of amides is 1. The fourth-order valence-electron chi connectivity index (χ4n) is 3.05. The van der Waals surface area contributed by atoms with Gasteiger partial charge in [0.05, 0.1) is 18.4 Å². The number of methoxy groups -OCH3 is 1. The van der Waals surface area contributed by atoms with Gasteiger partial charge in [-0.05, 0) is 55.3 Å². The Kier molecular flexibility index (Phi) is 9.59. The first-order valence-corrected chi connectivity index (χ1v) is 10.9. The van der Waals surface area contributed by atoms with Crippen molar-refractivity contribution in [2.45, 2.75) is 26.2 Å². The van der Waals surface area contributed by atoms with Gasteiger partial charge < -0.3 is 20.2 Å². The third-order valence-corrected chi connectivity index (χ3v) is 5.33.